The van der Waals surface area contributed by atoms with Crippen LogP contribution < -0.4 is 10.2 Å². The van der Waals surface area contributed by atoms with E-state index in [9.17, 15) is 14.9 Å². The largest absolute Gasteiger partial charge is 0.359 e. The minimum absolute atomic E-state index is 0.0176. The number of hydrogen-bond acceptors (Lipinski definition) is 6. The second-order valence-corrected chi connectivity index (χ2v) is 5.13. The Bertz CT molecular complexity index is 672. The van der Waals surface area contributed by atoms with Crippen molar-refractivity contribution < 1.29 is 4.92 Å². The first-order chi connectivity index (χ1) is 9.52. The predicted molar refractivity (Wildman–Crippen MR) is 76.2 cm³/mol. The van der Waals surface area contributed by atoms with Gasteiger partial charge in [0.25, 0.3) is 0 Å². The standard InChI is InChI=1S/C11H15N5O3S/c1-3-4-15-10(9(16(18)19)7(2)14-15)12-5-8-6-20-11(17)13-8/h6,12H,3-5H2,1-2H3,(H,13,17). The highest BCUT2D eigenvalue weighted by Crippen LogP contribution is 2.28. The Kier molecular flexibility index (Phi) is 4.18. The van der Waals surface area contributed by atoms with Crippen molar-refractivity contribution in [1.29, 1.82) is 0 Å². The summed E-state index contributed by atoms with van der Waals surface area (Å²) in [6.45, 7) is 4.50. The van der Waals surface area contributed by atoms with E-state index in [4.69, 9.17) is 0 Å². The molecule has 9 heteroatoms. The number of anilines is 1. The van der Waals surface area contributed by atoms with Crippen LogP contribution in [0.2, 0.25) is 0 Å². The van der Waals surface area contributed by atoms with Gasteiger partial charge in [0.1, 0.15) is 5.69 Å². The summed E-state index contributed by atoms with van der Waals surface area (Å²) in [5, 5.41) is 20.0. The number of nitrogens with zero attached hydrogens (tertiary/aromatic N) is 3. The molecule has 0 bridgehead atoms. The van der Waals surface area contributed by atoms with Gasteiger partial charge in [0.05, 0.1) is 11.5 Å². The number of aromatic nitrogens is 3. The van der Waals surface area contributed by atoms with Gasteiger partial charge >= 0.3 is 10.6 Å². The lowest BCUT2D eigenvalue weighted by molar-refractivity contribution is -0.384. The molecule has 0 saturated heterocycles. The van der Waals surface area contributed by atoms with Crippen molar-refractivity contribution in [3.8, 4) is 0 Å². The van der Waals surface area contributed by atoms with Crippen molar-refractivity contribution in [2.75, 3.05) is 5.32 Å². The molecular formula is C11H15N5O3S. The quantitative estimate of drug-likeness (QED) is 0.625. The molecule has 8 nitrogen and oxygen atoms in total. The van der Waals surface area contributed by atoms with Gasteiger partial charge in [-0.05, 0) is 13.3 Å². The minimum Gasteiger partial charge on any atom is -0.359 e. The van der Waals surface area contributed by atoms with Crippen molar-refractivity contribution >= 4 is 22.8 Å². The van der Waals surface area contributed by atoms with E-state index in [0.717, 1.165) is 17.8 Å². The van der Waals surface area contributed by atoms with Gasteiger partial charge < -0.3 is 10.3 Å². The molecule has 2 aromatic heterocycles. The SMILES string of the molecule is CCCn1nc(C)c([N+](=O)[O-])c1NCc1csc(=O)[nH]1. The van der Waals surface area contributed by atoms with E-state index in [1.165, 1.54) is 0 Å². The van der Waals surface area contributed by atoms with Crippen LogP contribution in [0.15, 0.2) is 10.2 Å². The molecule has 0 saturated carbocycles. The Morgan fingerprint density at radius 1 is 1.60 bits per heavy atom. The summed E-state index contributed by atoms with van der Waals surface area (Å²) < 4.78 is 1.60. The topological polar surface area (TPSA) is 106 Å². The summed E-state index contributed by atoms with van der Waals surface area (Å²) in [7, 11) is 0. The number of aryl methyl sites for hydroxylation is 2. The van der Waals surface area contributed by atoms with E-state index in [2.05, 4.69) is 15.4 Å². The molecule has 0 spiro atoms. The number of thiazole rings is 1. The van der Waals surface area contributed by atoms with Gasteiger partial charge in [-0.1, -0.05) is 18.3 Å². The first-order valence-electron chi connectivity index (χ1n) is 6.15. The molecule has 0 atom stereocenters. The number of nitro groups is 1. The molecule has 0 aromatic carbocycles. The van der Waals surface area contributed by atoms with Crippen molar-refractivity contribution in [3.63, 3.8) is 0 Å². The maximum absolute atomic E-state index is 11.1. The summed E-state index contributed by atoms with van der Waals surface area (Å²) in [4.78, 5) is 24.3. The van der Waals surface area contributed by atoms with Crippen LogP contribution in [0.3, 0.4) is 0 Å². The Morgan fingerprint density at radius 3 is 2.90 bits per heavy atom. The zero-order valence-corrected chi connectivity index (χ0v) is 12.0. The van der Waals surface area contributed by atoms with Crippen molar-refractivity contribution in [2.24, 2.45) is 0 Å². The monoisotopic (exact) mass is 297 g/mol. The summed E-state index contributed by atoms with van der Waals surface area (Å²) in [6, 6.07) is 0. The van der Waals surface area contributed by atoms with Crippen LogP contribution in [-0.4, -0.2) is 19.7 Å². The van der Waals surface area contributed by atoms with Crippen LogP contribution in [0, 0.1) is 17.0 Å². The Hall–Kier alpha value is -2.16. The van der Waals surface area contributed by atoms with Gasteiger partial charge in [-0.3, -0.25) is 14.9 Å². The molecule has 20 heavy (non-hydrogen) atoms. The molecule has 2 heterocycles. The Labute approximate surface area is 118 Å². The van der Waals surface area contributed by atoms with Gasteiger partial charge in [0.15, 0.2) is 0 Å². The second kappa shape index (κ2) is 5.87. The van der Waals surface area contributed by atoms with Gasteiger partial charge in [0.2, 0.25) is 5.82 Å². The molecule has 0 aliphatic carbocycles. The molecule has 0 aliphatic rings. The highest BCUT2D eigenvalue weighted by Gasteiger charge is 2.24. The number of hydrogen-bond donors (Lipinski definition) is 2. The van der Waals surface area contributed by atoms with Crippen LogP contribution in [0.1, 0.15) is 24.7 Å². The van der Waals surface area contributed by atoms with E-state index < -0.39 is 4.92 Å². The first-order valence-corrected chi connectivity index (χ1v) is 7.03. The number of aromatic amines is 1. The molecule has 108 valence electrons. The maximum Gasteiger partial charge on any atom is 0.333 e. The van der Waals surface area contributed by atoms with E-state index in [-0.39, 0.29) is 10.6 Å². The third-order valence-corrected chi connectivity index (χ3v) is 3.45. The Morgan fingerprint density at radius 2 is 2.35 bits per heavy atom. The highest BCUT2D eigenvalue weighted by atomic mass is 32.1. The lowest BCUT2D eigenvalue weighted by atomic mass is 10.3. The summed E-state index contributed by atoms with van der Waals surface area (Å²) >= 11 is 1.06. The minimum atomic E-state index is -0.437. The van der Waals surface area contributed by atoms with Crippen LogP contribution in [0.5, 0.6) is 0 Å². The average molecular weight is 297 g/mol. The molecule has 2 rings (SSSR count). The van der Waals surface area contributed by atoms with Gasteiger partial charge in [0, 0.05) is 17.6 Å². The lowest BCUT2D eigenvalue weighted by Gasteiger charge is -2.07. The number of H-pyrrole nitrogens is 1. The van der Waals surface area contributed by atoms with Crippen LogP contribution in [0.25, 0.3) is 0 Å². The van der Waals surface area contributed by atoms with E-state index in [1.54, 1.807) is 17.0 Å². The van der Waals surface area contributed by atoms with Gasteiger partial charge in [-0.2, -0.15) is 5.10 Å². The Balaban J connectivity index is 2.28. The average Bonchev–Trinajstić information content (AvgIpc) is 2.91. The highest BCUT2D eigenvalue weighted by molar-refractivity contribution is 7.07. The fraction of sp³-hybridized carbons (Fsp3) is 0.455. The van der Waals surface area contributed by atoms with Crippen LogP contribution >= 0.6 is 11.3 Å². The molecule has 0 unspecified atom stereocenters. The third kappa shape index (κ3) is 2.87. The fourth-order valence-corrected chi connectivity index (χ4v) is 2.50. The van der Waals surface area contributed by atoms with Crippen LogP contribution in [0.4, 0.5) is 11.5 Å². The normalized spacial score (nSPS) is 10.7. The molecule has 2 aromatic rings. The van der Waals surface area contributed by atoms with Crippen LogP contribution in [-0.2, 0) is 13.1 Å². The van der Waals surface area contributed by atoms with Gasteiger partial charge in [-0.25, -0.2) is 4.68 Å². The molecule has 0 aliphatic heterocycles. The molecule has 0 fully saturated rings. The summed E-state index contributed by atoms with van der Waals surface area (Å²) in [6.07, 6.45) is 0.822. The predicted octanol–water partition coefficient (Wildman–Crippen LogP) is 1.87. The van der Waals surface area contributed by atoms with Crippen molar-refractivity contribution in [1.82, 2.24) is 14.8 Å². The first kappa shape index (κ1) is 14.3. The zero-order valence-electron chi connectivity index (χ0n) is 11.2. The third-order valence-electron chi connectivity index (χ3n) is 2.73. The summed E-state index contributed by atoms with van der Waals surface area (Å²) in [5.41, 5.74) is 1.05. The van der Waals surface area contributed by atoms with E-state index in [1.807, 2.05) is 6.92 Å². The van der Waals surface area contributed by atoms with Gasteiger partial charge in [-0.15, -0.1) is 0 Å². The van der Waals surface area contributed by atoms with Crippen molar-refractivity contribution in [3.05, 3.63) is 36.5 Å². The smallest absolute Gasteiger partial charge is 0.333 e. The van der Waals surface area contributed by atoms with E-state index in [0.29, 0.717) is 30.3 Å². The molecule has 0 radical (unpaired) electrons. The molecular weight excluding hydrogens is 282 g/mol. The van der Waals surface area contributed by atoms with Crippen molar-refractivity contribution in [2.45, 2.75) is 33.4 Å². The lowest BCUT2D eigenvalue weighted by Crippen LogP contribution is -2.10. The fourth-order valence-electron chi connectivity index (χ4n) is 1.92. The zero-order chi connectivity index (χ0) is 14.7. The number of rotatable bonds is 6. The molecule has 0 amide bonds. The maximum atomic E-state index is 11.1. The second-order valence-electron chi connectivity index (χ2n) is 4.29. The number of nitrogens with one attached hydrogen (secondary N) is 2. The van der Waals surface area contributed by atoms with E-state index >= 15 is 0 Å². The molecule has 2 N–H and O–H groups in total. The summed E-state index contributed by atoms with van der Waals surface area (Å²) in [5.74, 6) is 0.376.